The SMILES string of the molecule is Cc1cn2c(=O)cc(CNC3(c4ccccc4)CC(O)C3)nc2s1. The first-order valence-corrected chi connectivity index (χ1v) is 8.85. The summed E-state index contributed by atoms with van der Waals surface area (Å²) in [7, 11) is 0. The highest BCUT2D eigenvalue weighted by Gasteiger charge is 2.44. The van der Waals surface area contributed by atoms with Gasteiger partial charge in [-0.1, -0.05) is 30.3 Å². The third-order valence-corrected chi connectivity index (χ3v) is 5.54. The number of aliphatic hydroxyl groups excluding tert-OH is 1. The number of fused-ring (bicyclic) bond motifs is 1. The summed E-state index contributed by atoms with van der Waals surface area (Å²) in [4.78, 5) is 18.6. The predicted octanol–water partition coefficient (Wildman–Crippen LogP) is 2.20. The van der Waals surface area contributed by atoms with E-state index >= 15 is 0 Å². The summed E-state index contributed by atoms with van der Waals surface area (Å²) >= 11 is 1.51. The van der Waals surface area contributed by atoms with Crippen LogP contribution in [0.15, 0.2) is 47.4 Å². The zero-order valence-corrected chi connectivity index (χ0v) is 14.2. The smallest absolute Gasteiger partial charge is 0.258 e. The Morgan fingerprint density at radius 2 is 2.12 bits per heavy atom. The van der Waals surface area contributed by atoms with E-state index in [4.69, 9.17) is 0 Å². The summed E-state index contributed by atoms with van der Waals surface area (Å²) in [6.45, 7) is 2.47. The van der Waals surface area contributed by atoms with E-state index in [0.717, 1.165) is 15.5 Å². The normalized spacial score (nSPS) is 23.3. The third-order valence-electron chi connectivity index (χ3n) is 4.64. The molecule has 1 aromatic carbocycles. The minimum atomic E-state index is -0.279. The minimum Gasteiger partial charge on any atom is -0.393 e. The molecule has 5 nitrogen and oxygen atoms in total. The number of aliphatic hydroxyl groups is 1. The molecule has 1 aliphatic rings. The molecule has 4 rings (SSSR count). The van der Waals surface area contributed by atoms with Crippen molar-refractivity contribution in [3.05, 3.63) is 69.1 Å². The Kier molecular flexibility index (Phi) is 3.75. The monoisotopic (exact) mass is 341 g/mol. The van der Waals surface area contributed by atoms with E-state index in [1.807, 2.05) is 31.3 Å². The standard InChI is InChI=1S/C18H19N3O2S/c1-12-11-21-16(23)7-14(20-17(21)24-12)10-19-18(8-15(22)9-18)13-5-3-2-4-6-13/h2-7,11,15,19,22H,8-10H2,1H3. The van der Waals surface area contributed by atoms with Crippen LogP contribution in [-0.4, -0.2) is 20.6 Å². The molecule has 0 spiro atoms. The third kappa shape index (κ3) is 2.66. The van der Waals surface area contributed by atoms with Crippen molar-refractivity contribution in [2.45, 2.75) is 38.0 Å². The molecular formula is C18H19N3O2S. The maximum absolute atomic E-state index is 12.2. The molecule has 0 bridgehead atoms. The Bertz CT molecular complexity index is 926. The van der Waals surface area contributed by atoms with Crippen LogP contribution >= 0.6 is 11.3 Å². The molecule has 3 aromatic rings. The Balaban J connectivity index is 1.60. The highest BCUT2D eigenvalue weighted by molar-refractivity contribution is 7.16. The van der Waals surface area contributed by atoms with Gasteiger partial charge in [-0.3, -0.25) is 9.20 Å². The van der Waals surface area contributed by atoms with Crippen LogP contribution in [-0.2, 0) is 12.1 Å². The van der Waals surface area contributed by atoms with Gasteiger partial charge in [0.2, 0.25) is 0 Å². The minimum absolute atomic E-state index is 0.0523. The summed E-state index contributed by atoms with van der Waals surface area (Å²) < 4.78 is 1.59. The highest BCUT2D eigenvalue weighted by Crippen LogP contribution is 2.41. The number of thiazole rings is 1. The van der Waals surface area contributed by atoms with Gasteiger partial charge in [0.15, 0.2) is 4.96 Å². The van der Waals surface area contributed by atoms with E-state index in [1.165, 1.54) is 16.9 Å². The molecule has 0 aliphatic heterocycles. The van der Waals surface area contributed by atoms with Gasteiger partial charge in [-0.15, -0.1) is 11.3 Å². The average molecular weight is 341 g/mol. The molecule has 124 valence electrons. The summed E-state index contributed by atoms with van der Waals surface area (Å²) in [6.07, 6.45) is 2.89. The van der Waals surface area contributed by atoms with E-state index < -0.39 is 0 Å². The van der Waals surface area contributed by atoms with Crippen LogP contribution in [0.5, 0.6) is 0 Å². The first-order chi connectivity index (χ1) is 11.6. The van der Waals surface area contributed by atoms with Crippen molar-refractivity contribution in [1.82, 2.24) is 14.7 Å². The van der Waals surface area contributed by atoms with Crippen molar-refractivity contribution in [1.29, 1.82) is 0 Å². The molecule has 2 heterocycles. The lowest BCUT2D eigenvalue weighted by Crippen LogP contribution is -2.54. The second-order valence-electron chi connectivity index (χ2n) is 6.44. The molecule has 1 saturated carbocycles. The molecule has 0 unspecified atom stereocenters. The van der Waals surface area contributed by atoms with Gasteiger partial charge in [0, 0.05) is 29.2 Å². The average Bonchev–Trinajstić information content (AvgIpc) is 2.92. The molecular weight excluding hydrogens is 322 g/mol. The summed E-state index contributed by atoms with van der Waals surface area (Å²) in [5, 5.41) is 13.4. The summed E-state index contributed by atoms with van der Waals surface area (Å²) in [5.41, 5.74) is 1.61. The van der Waals surface area contributed by atoms with Crippen LogP contribution in [0.2, 0.25) is 0 Å². The highest BCUT2D eigenvalue weighted by atomic mass is 32.1. The van der Waals surface area contributed by atoms with Crippen molar-refractivity contribution in [2.24, 2.45) is 0 Å². The molecule has 0 atom stereocenters. The second kappa shape index (κ2) is 5.81. The van der Waals surface area contributed by atoms with Gasteiger partial charge in [-0.25, -0.2) is 4.98 Å². The van der Waals surface area contributed by atoms with Gasteiger partial charge in [-0.05, 0) is 25.3 Å². The second-order valence-corrected chi connectivity index (χ2v) is 7.66. The fourth-order valence-electron chi connectivity index (χ4n) is 3.39. The van der Waals surface area contributed by atoms with Crippen LogP contribution < -0.4 is 10.9 Å². The van der Waals surface area contributed by atoms with E-state index in [0.29, 0.717) is 19.4 Å². The fraction of sp³-hybridized carbons (Fsp3) is 0.333. The van der Waals surface area contributed by atoms with E-state index in [9.17, 15) is 9.90 Å². The molecule has 0 radical (unpaired) electrons. The molecule has 1 fully saturated rings. The van der Waals surface area contributed by atoms with Crippen LogP contribution in [0.3, 0.4) is 0 Å². The first kappa shape index (κ1) is 15.5. The van der Waals surface area contributed by atoms with E-state index in [1.54, 1.807) is 10.5 Å². The van der Waals surface area contributed by atoms with Crippen LogP contribution in [0.25, 0.3) is 4.96 Å². The number of rotatable bonds is 4. The topological polar surface area (TPSA) is 66.6 Å². The number of aromatic nitrogens is 2. The predicted molar refractivity (Wildman–Crippen MR) is 94.3 cm³/mol. The molecule has 2 N–H and O–H groups in total. The number of nitrogens with zero attached hydrogens (tertiary/aromatic N) is 2. The molecule has 24 heavy (non-hydrogen) atoms. The zero-order valence-electron chi connectivity index (χ0n) is 13.4. The van der Waals surface area contributed by atoms with Crippen molar-refractivity contribution in [2.75, 3.05) is 0 Å². The van der Waals surface area contributed by atoms with E-state index in [2.05, 4.69) is 22.4 Å². The van der Waals surface area contributed by atoms with Crippen LogP contribution in [0.1, 0.15) is 29.0 Å². The van der Waals surface area contributed by atoms with Gasteiger partial charge < -0.3 is 10.4 Å². The van der Waals surface area contributed by atoms with Gasteiger partial charge in [-0.2, -0.15) is 0 Å². The maximum Gasteiger partial charge on any atom is 0.258 e. The lowest BCUT2D eigenvalue weighted by molar-refractivity contribution is -0.00229. The first-order valence-electron chi connectivity index (χ1n) is 8.03. The summed E-state index contributed by atoms with van der Waals surface area (Å²) in [6, 6.07) is 11.7. The van der Waals surface area contributed by atoms with E-state index in [-0.39, 0.29) is 17.2 Å². The maximum atomic E-state index is 12.2. The number of hydrogen-bond acceptors (Lipinski definition) is 5. The molecule has 2 aromatic heterocycles. The number of benzene rings is 1. The lowest BCUT2D eigenvalue weighted by atomic mass is 9.69. The fourth-order valence-corrected chi connectivity index (χ4v) is 4.24. The summed E-state index contributed by atoms with van der Waals surface area (Å²) in [5.74, 6) is 0. The van der Waals surface area contributed by atoms with Crippen LogP contribution in [0.4, 0.5) is 0 Å². The molecule has 6 heteroatoms. The number of nitrogens with one attached hydrogen (secondary N) is 1. The van der Waals surface area contributed by atoms with Crippen LogP contribution in [0, 0.1) is 6.92 Å². The Labute approximate surface area is 143 Å². The van der Waals surface area contributed by atoms with Crippen molar-refractivity contribution in [3.8, 4) is 0 Å². The number of aryl methyl sites for hydroxylation is 1. The molecule has 0 amide bonds. The lowest BCUT2D eigenvalue weighted by Gasteiger charge is -2.46. The molecule has 1 aliphatic carbocycles. The largest absolute Gasteiger partial charge is 0.393 e. The quantitative estimate of drug-likeness (QED) is 0.763. The van der Waals surface area contributed by atoms with Crippen molar-refractivity contribution < 1.29 is 5.11 Å². The zero-order chi connectivity index (χ0) is 16.7. The van der Waals surface area contributed by atoms with Gasteiger partial charge in [0.05, 0.1) is 11.8 Å². The molecule has 0 saturated heterocycles. The Morgan fingerprint density at radius 3 is 2.83 bits per heavy atom. The Morgan fingerprint density at radius 1 is 1.38 bits per heavy atom. The van der Waals surface area contributed by atoms with Crippen molar-refractivity contribution >= 4 is 16.3 Å². The van der Waals surface area contributed by atoms with Crippen molar-refractivity contribution in [3.63, 3.8) is 0 Å². The van der Waals surface area contributed by atoms with Gasteiger partial charge in [0.1, 0.15) is 0 Å². The Hall–Kier alpha value is -2.02. The van der Waals surface area contributed by atoms with Gasteiger partial charge >= 0.3 is 0 Å². The van der Waals surface area contributed by atoms with Gasteiger partial charge in [0.25, 0.3) is 5.56 Å². The number of hydrogen-bond donors (Lipinski definition) is 2.